The molecular formula is C15H15N3O2. The number of hydrogen-bond acceptors (Lipinski definition) is 5. The minimum absolute atomic E-state index is 0.370. The molecule has 0 amide bonds. The Morgan fingerprint density at radius 1 is 1.25 bits per heavy atom. The van der Waals surface area contributed by atoms with E-state index in [0.717, 1.165) is 23.0 Å². The minimum atomic E-state index is 0.370. The number of anilines is 2. The van der Waals surface area contributed by atoms with E-state index in [-0.39, 0.29) is 0 Å². The van der Waals surface area contributed by atoms with Crippen LogP contribution >= 0.6 is 0 Å². The quantitative estimate of drug-likeness (QED) is 0.822. The van der Waals surface area contributed by atoms with Crippen LogP contribution in [-0.2, 0) is 0 Å². The first-order valence-electron chi connectivity index (χ1n) is 6.26. The average Bonchev–Trinajstić information content (AvgIpc) is 2.48. The molecule has 0 unspecified atom stereocenters. The van der Waals surface area contributed by atoms with E-state index in [2.05, 4.69) is 10.3 Å². The summed E-state index contributed by atoms with van der Waals surface area (Å²) in [4.78, 5) is 4.53. The Labute approximate surface area is 117 Å². The predicted molar refractivity (Wildman–Crippen MR) is 80.1 cm³/mol. The third-order valence-corrected chi connectivity index (χ3v) is 2.99. The van der Waals surface area contributed by atoms with E-state index in [1.807, 2.05) is 30.3 Å². The monoisotopic (exact) mass is 269 g/mol. The van der Waals surface area contributed by atoms with Gasteiger partial charge in [0.2, 0.25) is 0 Å². The van der Waals surface area contributed by atoms with Crippen LogP contribution in [0.25, 0.3) is 0 Å². The molecule has 1 heterocycles. The molecule has 5 heteroatoms. The lowest BCUT2D eigenvalue weighted by atomic mass is 10.2. The molecule has 20 heavy (non-hydrogen) atoms. The van der Waals surface area contributed by atoms with Gasteiger partial charge >= 0.3 is 0 Å². The smallest absolute Gasteiger partial charge is 0.147 e. The topological polar surface area (TPSA) is 68.9 Å². The second-order valence-electron chi connectivity index (χ2n) is 4.40. The molecule has 0 saturated heterocycles. The van der Waals surface area contributed by atoms with Crippen molar-refractivity contribution in [2.75, 3.05) is 24.8 Å². The van der Waals surface area contributed by atoms with Crippen LogP contribution in [0.3, 0.4) is 0 Å². The number of nitrogens with two attached hydrogens (primary N) is 1. The molecule has 0 bridgehead atoms. The number of methoxy groups -OCH3 is 1. The number of rotatable bonds is 2. The minimum Gasteiger partial charge on any atom is -0.495 e. The number of nitrogens with one attached hydrogen (secondary N) is 1. The fourth-order valence-corrected chi connectivity index (χ4v) is 2.03. The van der Waals surface area contributed by atoms with Gasteiger partial charge in [0, 0.05) is 11.8 Å². The van der Waals surface area contributed by atoms with Gasteiger partial charge in [-0.15, -0.1) is 0 Å². The van der Waals surface area contributed by atoms with Crippen molar-refractivity contribution in [3.63, 3.8) is 0 Å². The van der Waals surface area contributed by atoms with Crippen LogP contribution in [0.15, 0.2) is 47.5 Å². The number of aliphatic imine (C=N–C) groups is 1. The number of nitrogens with zero attached hydrogens (tertiary/aromatic N) is 1. The van der Waals surface area contributed by atoms with Crippen molar-refractivity contribution in [3.05, 3.63) is 42.5 Å². The fraction of sp³-hybridized carbons (Fsp3) is 0.133. The van der Waals surface area contributed by atoms with Crippen LogP contribution in [0.5, 0.6) is 11.5 Å². The molecule has 3 rings (SSSR count). The van der Waals surface area contributed by atoms with Crippen LogP contribution in [0.1, 0.15) is 0 Å². The molecule has 102 valence electrons. The van der Waals surface area contributed by atoms with E-state index in [9.17, 15) is 0 Å². The summed E-state index contributed by atoms with van der Waals surface area (Å²) in [6, 6.07) is 13.1. The molecule has 0 aromatic heterocycles. The predicted octanol–water partition coefficient (Wildman–Crippen LogP) is 2.81. The molecular weight excluding hydrogens is 254 g/mol. The second-order valence-corrected chi connectivity index (χ2v) is 4.40. The zero-order valence-electron chi connectivity index (χ0n) is 11.1. The van der Waals surface area contributed by atoms with Gasteiger partial charge < -0.3 is 20.5 Å². The maximum absolute atomic E-state index is 5.72. The summed E-state index contributed by atoms with van der Waals surface area (Å²) in [6.45, 7) is 0.370. The van der Waals surface area contributed by atoms with Crippen LogP contribution < -0.4 is 20.5 Å². The lowest BCUT2D eigenvalue weighted by Gasteiger charge is -2.19. The molecule has 0 spiro atoms. The first-order chi connectivity index (χ1) is 9.76. The van der Waals surface area contributed by atoms with Crippen molar-refractivity contribution in [3.8, 4) is 11.5 Å². The maximum atomic E-state index is 5.72. The Bertz CT molecular complexity index is 668. The molecule has 1 aliphatic rings. The van der Waals surface area contributed by atoms with Crippen molar-refractivity contribution >= 4 is 22.9 Å². The lowest BCUT2D eigenvalue weighted by Crippen LogP contribution is -2.23. The van der Waals surface area contributed by atoms with Crippen LogP contribution in [-0.4, -0.2) is 19.6 Å². The average molecular weight is 269 g/mol. The first-order valence-corrected chi connectivity index (χ1v) is 6.26. The summed E-state index contributed by atoms with van der Waals surface area (Å²) in [5.41, 5.74) is 8.01. The van der Waals surface area contributed by atoms with Crippen molar-refractivity contribution in [2.24, 2.45) is 4.99 Å². The van der Waals surface area contributed by atoms with Crippen LogP contribution in [0.2, 0.25) is 0 Å². The molecule has 0 saturated carbocycles. The van der Waals surface area contributed by atoms with Gasteiger partial charge in [0.05, 0.1) is 12.8 Å². The summed E-state index contributed by atoms with van der Waals surface area (Å²) >= 11 is 0. The Kier molecular flexibility index (Phi) is 3.16. The number of fused-ring (bicyclic) bond motifs is 1. The van der Waals surface area contributed by atoms with Crippen molar-refractivity contribution in [2.45, 2.75) is 0 Å². The van der Waals surface area contributed by atoms with Crippen LogP contribution in [0, 0.1) is 0 Å². The molecule has 0 aliphatic carbocycles. The number of nitrogen functional groups attached to an aromatic ring is 1. The zero-order chi connectivity index (χ0) is 13.9. The van der Waals surface area contributed by atoms with Gasteiger partial charge in [0.1, 0.15) is 29.6 Å². The Morgan fingerprint density at radius 3 is 2.95 bits per heavy atom. The first kappa shape index (κ1) is 12.3. The Balaban J connectivity index is 1.87. The molecule has 2 aromatic rings. The van der Waals surface area contributed by atoms with Crippen LogP contribution in [0.4, 0.5) is 17.1 Å². The van der Waals surface area contributed by atoms with Gasteiger partial charge in [-0.05, 0) is 24.3 Å². The van der Waals surface area contributed by atoms with Gasteiger partial charge in [0.25, 0.3) is 0 Å². The van der Waals surface area contributed by atoms with Crippen molar-refractivity contribution in [1.82, 2.24) is 0 Å². The highest BCUT2D eigenvalue weighted by Crippen LogP contribution is 2.33. The third kappa shape index (κ3) is 2.38. The Hall–Kier alpha value is -2.69. The molecule has 5 nitrogen and oxygen atoms in total. The molecule has 0 radical (unpaired) electrons. The van der Waals surface area contributed by atoms with E-state index in [4.69, 9.17) is 15.2 Å². The standard InChI is InChI=1S/C15H15N3O2/c1-19-13-5-3-2-4-11(13)17-15-9-20-14-8-10(16)6-7-12(14)18-15/h2-8H,9,16H2,1H3,(H,17,18). The summed E-state index contributed by atoms with van der Waals surface area (Å²) in [5, 5.41) is 3.22. The van der Waals surface area contributed by atoms with Gasteiger partial charge in [0.15, 0.2) is 0 Å². The second kappa shape index (κ2) is 5.13. The van der Waals surface area contributed by atoms with Gasteiger partial charge in [-0.2, -0.15) is 0 Å². The van der Waals surface area contributed by atoms with Gasteiger partial charge in [-0.25, -0.2) is 4.99 Å². The van der Waals surface area contributed by atoms with Gasteiger partial charge in [-0.3, -0.25) is 0 Å². The number of para-hydroxylation sites is 2. The molecule has 3 N–H and O–H groups in total. The number of hydrogen-bond donors (Lipinski definition) is 2. The highest BCUT2D eigenvalue weighted by molar-refractivity contribution is 6.00. The summed E-state index contributed by atoms with van der Waals surface area (Å²) in [5.74, 6) is 2.20. The number of benzene rings is 2. The highest BCUT2D eigenvalue weighted by atomic mass is 16.5. The number of amidine groups is 1. The highest BCUT2D eigenvalue weighted by Gasteiger charge is 2.14. The summed E-state index contributed by atoms with van der Waals surface area (Å²) in [6.07, 6.45) is 0. The van der Waals surface area contributed by atoms with E-state index < -0.39 is 0 Å². The summed E-state index contributed by atoms with van der Waals surface area (Å²) < 4.78 is 10.9. The fourth-order valence-electron chi connectivity index (χ4n) is 2.03. The Morgan fingerprint density at radius 2 is 2.10 bits per heavy atom. The van der Waals surface area contributed by atoms with Gasteiger partial charge in [-0.1, -0.05) is 12.1 Å². The molecule has 0 fully saturated rings. The SMILES string of the molecule is COc1ccccc1NC1=Nc2ccc(N)cc2OC1. The number of ether oxygens (including phenoxy) is 2. The van der Waals surface area contributed by atoms with E-state index in [1.165, 1.54) is 0 Å². The largest absolute Gasteiger partial charge is 0.495 e. The maximum Gasteiger partial charge on any atom is 0.147 e. The molecule has 0 atom stereocenters. The third-order valence-electron chi connectivity index (χ3n) is 2.99. The van der Waals surface area contributed by atoms with Crippen molar-refractivity contribution < 1.29 is 9.47 Å². The molecule has 1 aliphatic heterocycles. The van der Waals surface area contributed by atoms with Crippen molar-refractivity contribution in [1.29, 1.82) is 0 Å². The normalized spacial score (nSPS) is 12.9. The zero-order valence-corrected chi connectivity index (χ0v) is 11.1. The van der Waals surface area contributed by atoms with E-state index in [0.29, 0.717) is 18.0 Å². The molecule has 2 aromatic carbocycles. The lowest BCUT2D eigenvalue weighted by molar-refractivity contribution is 0.372. The van der Waals surface area contributed by atoms with E-state index >= 15 is 0 Å². The van der Waals surface area contributed by atoms with E-state index in [1.54, 1.807) is 19.2 Å². The summed E-state index contributed by atoms with van der Waals surface area (Å²) in [7, 11) is 1.64.